The Bertz CT molecular complexity index is 843. The Morgan fingerprint density at radius 3 is 2.71 bits per heavy atom. The van der Waals surface area contributed by atoms with Gasteiger partial charge in [-0.05, 0) is 31.0 Å². The van der Waals surface area contributed by atoms with Crippen LogP contribution in [0.2, 0.25) is 0 Å². The van der Waals surface area contributed by atoms with Crippen LogP contribution in [-0.4, -0.2) is 76.2 Å². The van der Waals surface area contributed by atoms with Crippen molar-refractivity contribution in [1.29, 1.82) is 0 Å². The van der Waals surface area contributed by atoms with Crippen molar-refractivity contribution in [3.05, 3.63) is 30.6 Å². The van der Waals surface area contributed by atoms with Crippen LogP contribution in [0, 0.1) is 0 Å². The van der Waals surface area contributed by atoms with E-state index in [9.17, 15) is 9.59 Å². The van der Waals surface area contributed by atoms with Gasteiger partial charge in [-0.3, -0.25) is 14.6 Å². The molecule has 8 heteroatoms. The third-order valence-corrected chi connectivity index (χ3v) is 6.20. The SMILES string of the molecule is O=C(CCSc1nccc2ncccc12)N1CCN(C(=O)C2CCCO2)CC1. The summed E-state index contributed by atoms with van der Waals surface area (Å²) >= 11 is 1.58. The van der Waals surface area contributed by atoms with Crippen LogP contribution in [0.3, 0.4) is 0 Å². The van der Waals surface area contributed by atoms with Gasteiger partial charge in [0.2, 0.25) is 5.91 Å². The van der Waals surface area contributed by atoms with Gasteiger partial charge < -0.3 is 14.5 Å². The lowest BCUT2D eigenvalue weighted by Crippen LogP contribution is -2.52. The van der Waals surface area contributed by atoms with Gasteiger partial charge in [0.15, 0.2) is 0 Å². The van der Waals surface area contributed by atoms with E-state index >= 15 is 0 Å². The summed E-state index contributed by atoms with van der Waals surface area (Å²) in [5, 5.41) is 1.93. The fourth-order valence-electron chi connectivity index (χ4n) is 3.64. The summed E-state index contributed by atoms with van der Waals surface area (Å²) in [5.41, 5.74) is 0.915. The molecule has 2 saturated heterocycles. The summed E-state index contributed by atoms with van der Waals surface area (Å²) < 4.78 is 5.48. The zero-order valence-electron chi connectivity index (χ0n) is 15.7. The van der Waals surface area contributed by atoms with E-state index in [-0.39, 0.29) is 17.9 Å². The van der Waals surface area contributed by atoms with E-state index in [0.29, 0.717) is 45.0 Å². The molecule has 2 amide bonds. The van der Waals surface area contributed by atoms with Crippen molar-refractivity contribution in [3.63, 3.8) is 0 Å². The van der Waals surface area contributed by atoms with E-state index in [2.05, 4.69) is 9.97 Å². The Hall–Kier alpha value is -2.19. The number of carbonyl (C=O) groups is 2. The van der Waals surface area contributed by atoms with Crippen molar-refractivity contribution in [2.45, 2.75) is 30.4 Å². The number of fused-ring (bicyclic) bond motifs is 1. The highest BCUT2D eigenvalue weighted by Gasteiger charge is 2.31. The predicted octanol–water partition coefficient (Wildman–Crippen LogP) is 1.96. The first-order valence-corrected chi connectivity index (χ1v) is 10.7. The van der Waals surface area contributed by atoms with Gasteiger partial charge in [-0.2, -0.15) is 0 Å². The Morgan fingerprint density at radius 2 is 1.93 bits per heavy atom. The summed E-state index contributed by atoms with van der Waals surface area (Å²) in [5.74, 6) is 0.889. The molecule has 0 N–H and O–H groups in total. The summed E-state index contributed by atoms with van der Waals surface area (Å²) in [6.07, 6.45) is 5.47. The maximum Gasteiger partial charge on any atom is 0.251 e. The molecule has 4 heterocycles. The molecule has 2 aliphatic heterocycles. The predicted molar refractivity (Wildman–Crippen MR) is 107 cm³/mol. The molecular formula is C20H24N4O3S. The van der Waals surface area contributed by atoms with Crippen molar-refractivity contribution in [1.82, 2.24) is 19.8 Å². The molecule has 2 aromatic heterocycles. The number of ether oxygens (including phenoxy) is 1. The van der Waals surface area contributed by atoms with Crippen LogP contribution in [0.25, 0.3) is 10.9 Å². The number of nitrogens with zero attached hydrogens (tertiary/aromatic N) is 4. The molecule has 4 rings (SSSR count). The minimum absolute atomic E-state index is 0.0794. The van der Waals surface area contributed by atoms with Crippen LogP contribution in [0.1, 0.15) is 19.3 Å². The molecule has 0 radical (unpaired) electrons. The third-order valence-electron chi connectivity index (χ3n) is 5.20. The first-order chi connectivity index (χ1) is 13.7. The summed E-state index contributed by atoms with van der Waals surface area (Å²) in [6.45, 7) is 3.05. The van der Waals surface area contributed by atoms with Gasteiger partial charge in [-0.15, -0.1) is 11.8 Å². The fourth-order valence-corrected chi connectivity index (χ4v) is 4.57. The van der Waals surface area contributed by atoms with Crippen molar-refractivity contribution in [3.8, 4) is 0 Å². The van der Waals surface area contributed by atoms with E-state index < -0.39 is 0 Å². The smallest absolute Gasteiger partial charge is 0.251 e. The molecule has 1 atom stereocenters. The number of rotatable bonds is 5. The summed E-state index contributed by atoms with van der Waals surface area (Å²) in [7, 11) is 0. The fraction of sp³-hybridized carbons (Fsp3) is 0.500. The molecule has 2 fully saturated rings. The number of aromatic nitrogens is 2. The molecule has 0 aliphatic carbocycles. The minimum atomic E-state index is -0.277. The average Bonchev–Trinajstić information content (AvgIpc) is 3.28. The second-order valence-corrected chi connectivity index (χ2v) is 8.08. The second kappa shape index (κ2) is 8.87. The molecule has 0 bridgehead atoms. The van der Waals surface area contributed by atoms with Gasteiger partial charge >= 0.3 is 0 Å². The standard InChI is InChI=1S/C20H24N4O3S/c25-18(6-14-28-19-15-3-1-7-21-16(15)5-8-22-19)23-9-11-24(12-10-23)20(26)17-4-2-13-27-17/h1,3,5,7-8,17H,2,4,6,9-14H2. The van der Waals surface area contributed by atoms with Gasteiger partial charge in [0.25, 0.3) is 5.91 Å². The first-order valence-electron chi connectivity index (χ1n) is 9.73. The monoisotopic (exact) mass is 400 g/mol. The number of piperazine rings is 1. The molecule has 1 unspecified atom stereocenters. The van der Waals surface area contributed by atoms with Gasteiger partial charge in [0.1, 0.15) is 11.1 Å². The lowest BCUT2D eigenvalue weighted by Gasteiger charge is -2.35. The van der Waals surface area contributed by atoms with Crippen LogP contribution >= 0.6 is 11.8 Å². The van der Waals surface area contributed by atoms with E-state index in [0.717, 1.165) is 28.8 Å². The number of hydrogen-bond donors (Lipinski definition) is 0. The topological polar surface area (TPSA) is 75.6 Å². The van der Waals surface area contributed by atoms with E-state index in [1.165, 1.54) is 0 Å². The molecular weight excluding hydrogens is 376 g/mol. The number of pyridine rings is 2. The second-order valence-electron chi connectivity index (χ2n) is 6.99. The lowest BCUT2D eigenvalue weighted by molar-refractivity contribution is -0.145. The molecule has 0 aromatic carbocycles. The van der Waals surface area contributed by atoms with E-state index in [4.69, 9.17) is 4.74 Å². The lowest BCUT2D eigenvalue weighted by atomic mass is 10.2. The highest BCUT2D eigenvalue weighted by Crippen LogP contribution is 2.25. The number of thioether (sulfide) groups is 1. The first kappa shape index (κ1) is 19.1. The maximum atomic E-state index is 12.5. The number of amides is 2. The summed E-state index contributed by atoms with van der Waals surface area (Å²) in [4.78, 5) is 37.4. The van der Waals surface area contributed by atoms with Crippen LogP contribution < -0.4 is 0 Å². The van der Waals surface area contributed by atoms with Crippen LogP contribution in [0.4, 0.5) is 0 Å². The Balaban J connectivity index is 1.24. The van der Waals surface area contributed by atoms with E-state index in [1.54, 1.807) is 24.2 Å². The minimum Gasteiger partial charge on any atom is -0.368 e. The molecule has 2 aliphatic rings. The van der Waals surface area contributed by atoms with Crippen molar-refractivity contribution < 1.29 is 14.3 Å². The Morgan fingerprint density at radius 1 is 1.11 bits per heavy atom. The molecule has 0 spiro atoms. The molecule has 148 valence electrons. The van der Waals surface area contributed by atoms with Crippen LogP contribution in [-0.2, 0) is 14.3 Å². The van der Waals surface area contributed by atoms with Gasteiger partial charge in [-0.25, -0.2) is 4.98 Å². The van der Waals surface area contributed by atoms with Gasteiger partial charge in [0.05, 0.1) is 5.52 Å². The molecule has 2 aromatic rings. The Kier molecular flexibility index (Phi) is 6.07. The quantitative estimate of drug-likeness (QED) is 0.715. The maximum absolute atomic E-state index is 12.5. The van der Waals surface area contributed by atoms with Crippen molar-refractivity contribution >= 4 is 34.5 Å². The van der Waals surface area contributed by atoms with Crippen molar-refractivity contribution in [2.75, 3.05) is 38.5 Å². The molecule has 28 heavy (non-hydrogen) atoms. The normalized spacial score (nSPS) is 19.9. The average molecular weight is 401 g/mol. The highest BCUT2D eigenvalue weighted by atomic mass is 32.2. The molecule has 0 saturated carbocycles. The third kappa shape index (κ3) is 4.28. The zero-order chi connectivity index (χ0) is 19.3. The number of carbonyl (C=O) groups excluding carboxylic acids is 2. The van der Waals surface area contributed by atoms with Gasteiger partial charge in [0, 0.05) is 62.7 Å². The molecule has 7 nitrogen and oxygen atoms in total. The number of hydrogen-bond acceptors (Lipinski definition) is 6. The van der Waals surface area contributed by atoms with Gasteiger partial charge in [-0.1, -0.05) is 0 Å². The largest absolute Gasteiger partial charge is 0.368 e. The van der Waals surface area contributed by atoms with E-state index in [1.807, 2.05) is 28.0 Å². The van der Waals surface area contributed by atoms with Crippen LogP contribution in [0.5, 0.6) is 0 Å². The van der Waals surface area contributed by atoms with Crippen molar-refractivity contribution in [2.24, 2.45) is 0 Å². The summed E-state index contributed by atoms with van der Waals surface area (Å²) in [6, 6.07) is 5.79. The Labute approximate surface area is 168 Å². The van der Waals surface area contributed by atoms with Crippen LogP contribution in [0.15, 0.2) is 35.6 Å². The zero-order valence-corrected chi connectivity index (χ0v) is 16.6. The highest BCUT2D eigenvalue weighted by molar-refractivity contribution is 7.99.